The van der Waals surface area contributed by atoms with Crippen LogP contribution >= 0.6 is 0 Å². The Balaban J connectivity index is 1.21. The lowest BCUT2D eigenvalue weighted by molar-refractivity contribution is 0.0906. The van der Waals surface area contributed by atoms with Crippen LogP contribution in [0.1, 0.15) is 47.8 Å². The van der Waals surface area contributed by atoms with Crippen LogP contribution in [0, 0.1) is 0 Å². The van der Waals surface area contributed by atoms with Crippen molar-refractivity contribution in [1.82, 2.24) is 30.5 Å². The molecule has 2 N–H and O–H groups in total. The molecule has 2 aliphatic heterocycles. The molecule has 0 unspecified atom stereocenters. The van der Waals surface area contributed by atoms with Crippen LogP contribution in [0.2, 0.25) is 0 Å². The van der Waals surface area contributed by atoms with Crippen molar-refractivity contribution in [2.75, 3.05) is 32.7 Å². The predicted molar refractivity (Wildman–Crippen MR) is 108 cm³/mol. The summed E-state index contributed by atoms with van der Waals surface area (Å²) in [5, 5.41) is 14.8. The second-order valence-electron chi connectivity index (χ2n) is 7.89. The van der Waals surface area contributed by atoms with E-state index in [1.165, 1.54) is 5.56 Å². The van der Waals surface area contributed by atoms with Crippen molar-refractivity contribution >= 4 is 5.91 Å². The van der Waals surface area contributed by atoms with Gasteiger partial charge < -0.3 is 15.5 Å². The lowest BCUT2D eigenvalue weighted by Gasteiger charge is -2.32. The maximum absolute atomic E-state index is 12.5. The largest absolute Gasteiger partial charge is 0.348 e. The van der Waals surface area contributed by atoms with Gasteiger partial charge in [0, 0.05) is 25.7 Å². The van der Waals surface area contributed by atoms with E-state index in [0.29, 0.717) is 11.7 Å². The van der Waals surface area contributed by atoms with Gasteiger partial charge in [-0.25, -0.2) is 4.68 Å². The molecule has 2 aliphatic rings. The zero-order valence-corrected chi connectivity index (χ0v) is 16.4. The van der Waals surface area contributed by atoms with Gasteiger partial charge in [-0.2, -0.15) is 0 Å². The summed E-state index contributed by atoms with van der Waals surface area (Å²) in [4.78, 5) is 15.0. The molecule has 0 saturated carbocycles. The summed E-state index contributed by atoms with van der Waals surface area (Å²) in [6.07, 6.45) is 6.93. The van der Waals surface area contributed by atoms with Gasteiger partial charge in [0.1, 0.15) is 0 Å². The second kappa shape index (κ2) is 9.30. The number of likely N-dealkylation sites (tertiary alicyclic amines) is 1. The number of piperidine rings is 2. The number of benzene rings is 1. The first-order chi connectivity index (χ1) is 13.8. The number of nitrogens with one attached hydrogen (secondary N) is 2. The van der Waals surface area contributed by atoms with Gasteiger partial charge in [0.15, 0.2) is 5.69 Å². The van der Waals surface area contributed by atoms with Crippen molar-refractivity contribution in [1.29, 1.82) is 0 Å². The molecule has 0 atom stereocenters. The van der Waals surface area contributed by atoms with E-state index in [0.717, 1.165) is 64.8 Å². The Morgan fingerprint density at radius 1 is 1.11 bits per heavy atom. The molecule has 0 aliphatic carbocycles. The maximum atomic E-state index is 12.5. The third-order valence-corrected chi connectivity index (χ3v) is 5.91. The first kappa shape index (κ1) is 19.1. The Morgan fingerprint density at radius 2 is 1.86 bits per heavy atom. The molecule has 2 saturated heterocycles. The summed E-state index contributed by atoms with van der Waals surface area (Å²) in [7, 11) is 0. The van der Waals surface area contributed by atoms with Gasteiger partial charge in [-0.05, 0) is 50.8 Å². The molecule has 150 valence electrons. The molecule has 1 aromatic heterocycles. The highest BCUT2D eigenvalue weighted by molar-refractivity contribution is 5.92. The monoisotopic (exact) mass is 382 g/mol. The van der Waals surface area contributed by atoms with Crippen LogP contribution in [-0.2, 0) is 6.42 Å². The number of rotatable bonds is 6. The number of aromatic nitrogens is 3. The number of carbonyl (C=O) groups excluding carboxylic acids is 1. The summed E-state index contributed by atoms with van der Waals surface area (Å²) in [5.74, 6) is -0.0945. The number of hydrogen-bond acceptors (Lipinski definition) is 5. The minimum absolute atomic E-state index is 0.0945. The molecule has 0 radical (unpaired) electrons. The molecule has 1 amide bonds. The smallest absolute Gasteiger partial charge is 0.273 e. The van der Waals surface area contributed by atoms with Crippen molar-refractivity contribution in [3.63, 3.8) is 0 Å². The molecule has 0 spiro atoms. The Kier molecular flexibility index (Phi) is 6.34. The van der Waals surface area contributed by atoms with Crippen molar-refractivity contribution in [3.05, 3.63) is 47.8 Å². The van der Waals surface area contributed by atoms with Crippen molar-refractivity contribution in [2.24, 2.45) is 0 Å². The Morgan fingerprint density at radius 3 is 2.61 bits per heavy atom. The van der Waals surface area contributed by atoms with Gasteiger partial charge in [-0.1, -0.05) is 35.5 Å². The first-order valence-electron chi connectivity index (χ1n) is 10.5. The SMILES string of the molecule is O=C(NC1CCN(CCc2ccccc2)CC1)c1cn(C2CCNCC2)nn1. The highest BCUT2D eigenvalue weighted by atomic mass is 16.2. The number of nitrogens with zero attached hydrogens (tertiary/aromatic N) is 4. The summed E-state index contributed by atoms with van der Waals surface area (Å²) in [6, 6.07) is 11.2. The average Bonchev–Trinajstić information content (AvgIpc) is 3.25. The molecule has 4 rings (SSSR count). The lowest BCUT2D eigenvalue weighted by Crippen LogP contribution is -2.45. The fourth-order valence-corrected chi connectivity index (χ4v) is 4.12. The summed E-state index contributed by atoms with van der Waals surface area (Å²) in [6.45, 7) is 5.12. The fourth-order valence-electron chi connectivity index (χ4n) is 4.12. The van der Waals surface area contributed by atoms with Gasteiger partial charge >= 0.3 is 0 Å². The predicted octanol–water partition coefficient (Wildman–Crippen LogP) is 1.64. The van der Waals surface area contributed by atoms with Crippen LogP contribution in [0.25, 0.3) is 0 Å². The molecule has 28 heavy (non-hydrogen) atoms. The first-order valence-corrected chi connectivity index (χ1v) is 10.5. The molecule has 3 heterocycles. The third kappa shape index (κ3) is 4.97. The molecule has 2 fully saturated rings. The molecule has 0 bridgehead atoms. The van der Waals surface area contributed by atoms with Gasteiger partial charge in [0.05, 0.1) is 12.2 Å². The normalized spacial score (nSPS) is 19.6. The van der Waals surface area contributed by atoms with Gasteiger partial charge in [0.25, 0.3) is 5.91 Å². The Bertz CT molecular complexity index is 747. The van der Waals surface area contributed by atoms with Crippen molar-refractivity contribution in [3.8, 4) is 0 Å². The van der Waals surface area contributed by atoms with Crippen molar-refractivity contribution < 1.29 is 4.79 Å². The minimum atomic E-state index is -0.0945. The molecule has 2 aromatic rings. The van der Waals surface area contributed by atoms with Crippen LogP contribution in [0.3, 0.4) is 0 Å². The molecule has 1 aromatic carbocycles. The summed E-state index contributed by atoms with van der Waals surface area (Å²) < 4.78 is 1.86. The van der Waals surface area contributed by atoms with Gasteiger partial charge in [-0.15, -0.1) is 5.10 Å². The van der Waals surface area contributed by atoms with Crippen molar-refractivity contribution in [2.45, 2.75) is 44.2 Å². The zero-order valence-electron chi connectivity index (χ0n) is 16.4. The summed E-state index contributed by atoms with van der Waals surface area (Å²) in [5.41, 5.74) is 1.82. The van der Waals surface area contributed by atoms with E-state index < -0.39 is 0 Å². The molecular weight excluding hydrogens is 352 g/mol. The Hall–Kier alpha value is -2.25. The van der Waals surface area contributed by atoms with Gasteiger partial charge in [0.2, 0.25) is 0 Å². The molecule has 7 nitrogen and oxygen atoms in total. The van der Waals surface area contributed by atoms with Gasteiger partial charge in [-0.3, -0.25) is 4.79 Å². The van der Waals surface area contributed by atoms with E-state index >= 15 is 0 Å². The number of carbonyl (C=O) groups is 1. The number of amides is 1. The average molecular weight is 383 g/mol. The molecular formula is C21H30N6O. The lowest BCUT2D eigenvalue weighted by atomic mass is 10.0. The van der Waals surface area contributed by atoms with Crippen LogP contribution in [0.5, 0.6) is 0 Å². The van der Waals surface area contributed by atoms with Crippen LogP contribution < -0.4 is 10.6 Å². The van der Waals surface area contributed by atoms with Crippen LogP contribution in [-0.4, -0.2) is 64.6 Å². The third-order valence-electron chi connectivity index (χ3n) is 5.91. The quantitative estimate of drug-likeness (QED) is 0.794. The van der Waals surface area contributed by atoms with E-state index in [9.17, 15) is 4.79 Å². The minimum Gasteiger partial charge on any atom is -0.348 e. The van der Waals surface area contributed by atoms with E-state index in [4.69, 9.17) is 0 Å². The summed E-state index contributed by atoms with van der Waals surface area (Å²) >= 11 is 0. The van der Waals surface area contributed by atoms with E-state index in [1.54, 1.807) is 6.20 Å². The topological polar surface area (TPSA) is 75.1 Å². The zero-order chi connectivity index (χ0) is 19.2. The fraction of sp³-hybridized carbons (Fsp3) is 0.571. The highest BCUT2D eigenvalue weighted by Gasteiger charge is 2.23. The van der Waals surface area contributed by atoms with E-state index in [1.807, 2.05) is 4.68 Å². The second-order valence-corrected chi connectivity index (χ2v) is 7.89. The molecule has 7 heteroatoms. The van der Waals surface area contributed by atoms with Crippen LogP contribution in [0.15, 0.2) is 36.5 Å². The Labute approximate surface area is 166 Å². The van der Waals surface area contributed by atoms with E-state index in [-0.39, 0.29) is 11.9 Å². The number of hydrogen-bond donors (Lipinski definition) is 2. The standard InChI is InChI=1S/C21H30N6O/c28-21(20-16-27(25-24-20)19-6-11-22-12-7-19)23-18-9-14-26(15-10-18)13-8-17-4-2-1-3-5-17/h1-5,16,18-19,22H,6-15H2,(H,23,28). The van der Waals surface area contributed by atoms with Crippen LogP contribution in [0.4, 0.5) is 0 Å². The maximum Gasteiger partial charge on any atom is 0.273 e. The van der Waals surface area contributed by atoms with E-state index in [2.05, 4.69) is 56.2 Å². The highest BCUT2D eigenvalue weighted by Crippen LogP contribution is 2.17.